The fourth-order valence-corrected chi connectivity index (χ4v) is 0.312. The van der Waals surface area contributed by atoms with Gasteiger partial charge >= 0.3 is 6.03 Å². The van der Waals surface area contributed by atoms with Gasteiger partial charge in [-0.1, -0.05) is 0 Å². The third-order valence-corrected chi connectivity index (χ3v) is 0.628. The van der Waals surface area contributed by atoms with Gasteiger partial charge in [0.15, 0.2) is 0 Å². The Bertz CT molecular complexity index is 132. The molecule has 0 heterocycles. The number of carbonyl (C=O) groups excluding carboxylic acids is 1. The van der Waals surface area contributed by atoms with E-state index >= 15 is 0 Å². The molecular formula is C6H12N2O2. The van der Waals surface area contributed by atoms with E-state index in [1.807, 2.05) is 13.8 Å². The van der Waals surface area contributed by atoms with Crippen molar-refractivity contribution in [2.75, 3.05) is 0 Å². The summed E-state index contributed by atoms with van der Waals surface area (Å²) in [6.07, 6.45) is 1.38. The predicted octanol–water partition coefficient (Wildman–Crippen LogP) is 1.13. The van der Waals surface area contributed by atoms with Crippen LogP contribution in [-0.2, 0) is 4.84 Å². The van der Waals surface area contributed by atoms with Gasteiger partial charge in [-0.05, 0) is 20.8 Å². The first-order valence-electron chi connectivity index (χ1n) is 3.11. The molecule has 58 valence electrons. The van der Waals surface area contributed by atoms with Gasteiger partial charge in [0, 0.05) is 6.21 Å². The predicted molar refractivity (Wildman–Crippen MR) is 38.9 cm³/mol. The van der Waals surface area contributed by atoms with Crippen molar-refractivity contribution in [3.05, 3.63) is 0 Å². The zero-order chi connectivity index (χ0) is 7.98. The van der Waals surface area contributed by atoms with E-state index in [0.717, 1.165) is 0 Å². The Hall–Kier alpha value is -0.900. The first kappa shape index (κ1) is 9.10. The molecule has 1 N–H and O–H groups in total. The van der Waals surface area contributed by atoms with E-state index in [1.165, 1.54) is 6.21 Å². The van der Waals surface area contributed by atoms with Gasteiger partial charge in [-0.15, -0.1) is 0 Å². The molecule has 0 bridgehead atoms. The SMILES string of the molecule is CC=NC(=O)NOC(C)C. The number of amides is 2. The first-order valence-corrected chi connectivity index (χ1v) is 3.11. The first-order chi connectivity index (χ1) is 4.66. The maximum Gasteiger partial charge on any atom is 0.364 e. The van der Waals surface area contributed by atoms with E-state index in [9.17, 15) is 4.79 Å². The molecule has 10 heavy (non-hydrogen) atoms. The molecule has 0 spiro atoms. The van der Waals surface area contributed by atoms with Crippen LogP contribution in [0.3, 0.4) is 0 Å². The van der Waals surface area contributed by atoms with Crippen LogP contribution in [0.5, 0.6) is 0 Å². The molecule has 4 nitrogen and oxygen atoms in total. The van der Waals surface area contributed by atoms with Crippen molar-refractivity contribution < 1.29 is 9.63 Å². The molecule has 4 heteroatoms. The smallest absolute Gasteiger partial charge is 0.269 e. The molecule has 0 atom stereocenters. The number of carbonyl (C=O) groups is 1. The molecule has 2 amide bonds. The van der Waals surface area contributed by atoms with Crippen LogP contribution in [0.25, 0.3) is 0 Å². The van der Waals surface area contributed by atoms with Crippen LogP contribution in [-0.4, -0.2) is 18.3 Å². The standard InChI is InChI=1S/C6H12N2O2/c1-4-7-6(9)8-10-5(2)3/h4-5H,1-3H3,(H,8,9). The average Bonchev–Trinajstić information content (AvgIpc) is 1.85. The Morgan fingerprint density at radius 3 is 2.70 bits per heavy atom. The van der Waals surface area contributed by atoms with Crippen molar-refractivity contribution in [2.45, 2.75) is 26.9 Å². The number of hydroxylamine groups is 1. The Morgan fingerprint density at radius 1 is 1.70 bits per heavy atom. The lowest BCUT2D eigenvalue weighted by Gasteiger charge is -2.04. The van der Waals surface area contributed by atoms with E-state index in [4.69, 9.17) is 4.84 Å². The van der Waals surface area contributed by atoms with E-state index in [1.54, 1.807) is 6.92 Å². The van der Waals surface area contributed by atoms with Crippen LogP contribution in [0.4, 0.5) is 4.79 Å². The molecule has 0 aliphatic rings. The second-order valence-electron chi connectivity index (χ2n) is 1.96. The van der Waals surface area contributed by atoms with Crippen molar-refractivity contribution in [2.24, 2.45) is 4.99 Å². The molecule has 0 aromatic heterocycles. The monoisotopic (exact) mass is 144 g/mol. The van der Waals surface area contributed by atoms with Crippen molar-refractivity contribution in [1.82, 2.24) is 5.48 Å². The summed E-state index contributed by atoms with van der Waals surface area (Å²) in [5, 5.41) is 0. The third kappa shape index (κ3) is 5.24. The largest absolute Gasteiger partial charge is 0.364 e. The van der Waals surface area contributed by atoms with Crippen LogP contribution >= 0.6 is 0 Å². The molecule has 0 fully saturated rings. The summed E-state index contributed by atoms with van der Waals surface area (Å²) in [4.78, 5) is 18.7. The minimum atomic E-state index is -0.476. The number of hydrogen-bond acceptors (Lipinski definition) is 2. The van der Waals surface area contributed by atoms with Gasteiger partial charge in [0.25, 0.3) is 0 Å². The summed E-state index contributed by atoms with van der Waals surface area (Å²) in [5.41, 5.74) is 2.15. The van der Waals surface area contributed by atoms with E-state index in [2.05, 4.69) is 10.5 Å². The van der Waals surface area contributed by atoms with Crippen LogP contribution in [0.2, 0.25) is 0 Å². The summed E-state index contributed by atoms with van der Waals surface area (Å²) in [7, 11) is 0. The van der Waals surface area contributed by atoms with Crippen LogP contribution in [0.1, 0.15) is 20.8 Å². The number of hydrogen-bond donors (Lipinski definition) is 1. The van der Waals surface area contributed by atoms with Crippen molar-refractivity contribution in [1.29, 1.82) is 0 Å². The highest BCUT2D eigenvalue weighted by molar-refractivity contribution is 5.81. The van der Waals surface area contributed by atoms with Gasteiger partial charge in [-0.2, -0.15) is 0 Å². The molecule has 0 rings (SSSR count). The second-order valence-corrected chi connectivity index (χ2v) is 1.96. The summed E-state index contributed by atoms with van der Waals surface area (Å²) < 4.78 is 0. The number of aliphatic imine (C=N–C) groups is 1. The Kier molecular flexibility index (Phi) is 4.49. The van der Waals surface area contributed by atoms with Gasteiger partial charge in [0.2, 0.25) is 0 Å². The lowest BCUT2D eigenvalue weighted by atomic mass is 10.5. The van der Waals surface area contributed by atoms with Gasteiger partial charge in [0.1, 0.15) is 0 Å². The highest BCUT2D eigenvalue weighted by atomic mass is 16.7. The molecular weight excluding hydrogens is 132 g/mol. The lowest BCUT2D eigenvalue weighted by molar-refractivity contribution is 0.0188. The van der Waals surface area contributed by atoms with Gasteiger partial charge < -0.3 is 0 Å². The number of nitrogens with one attached hydrogen (secondary N) is 1. The molecule has 0 aromatic rings. The summed E-state index contributed by atoms with van der Waals surface area (Å²) >= 11 is 0. The molecule has 0 saturated carbocycles. The van der Waals surface area contributed by atoms with Gasteiger partial charge in [-0.3, -0.25) is 4.84 Å². The number of rotatable bonds is 2. The summed E-state index contributed by atoms with van der Waals surface area (Å²) in [5.74, 6) is 0. The third-order valence-electron chi connectivity index (χ3n) is 0.628. The normalized spacial score (nSPS) is 10.8. The van der Waals surface area contributed by atoms with Crippen LogP contribution in [0, 0.1) is 0 Å². The molecule has 0 unspecified atom stereocenters. The Balaban J connectivity index is 3.40. The fourth-order valence-electron chi connectivity index (χ4n) is 0.312. The summed E-state index contributed by atoms with van der Waals surface area (Å²) in [6.45, 7) is 5.29. The lowest BCUT2D eigenvalue weighted by Crippen LogP contribution is -2.23. The maximum atomic E-state index is 10.5. The quantitative estimate of drug-likeness (QED) is 0.466. The van der Waals surface area contributed by atoms with Gasteiger partial charge in [0.05, 0.1) is 6.10 Å². The summed E-state index contributed by atoms with van der Waals surface area (Å²) in [6, 6.07) is -0.476. The topological polar surface area (TPSA) is 50.7 Å². The van der Waals surface area contributed by atoms with Crippen molar-refractivity contribution >= 4 is 12.2 Å². The average molecular weight is 144 g/mol. The van der Waals surface area contributed by atoms with E-state index < -0.39 is 6.03 Å². The fraction of sp³-hybridized carbons (Fsp3) is 0.667. The Labute approximate surface area is 60.2 Å². The second kappa shape index (κ2) is 4.93. The minimum Gasteiger partial charge on any atom is -0.269 e. The minimum absolute atomic E-state index is 0.0176. The molecule has 0 saturated heterocycles. The van der Waals surface area contributed by atoms with Crippen molar-refractivity contribution in [3.8, 4) is 0 Å². The van der Waals surface area contributed by atoms with Crippen LogP contribution in [0.15, 0.2) is 4.99 Å². The van der Waals surface area contributed by atoms with E-state index in [-0.39, 0.29) is 6.10 Å². The zero-order valence-electron chi connectivity index (χ0n) is 6.42. The maximum absolute atomic E-state index is 10.5. The zero-order valence-corrected chi connectivity index (χ0v) is 6.42. The molecule has 0 aliphatic heterocycles. The van der Waals surface area contributed by atoms with Crippen LogP contribution < -0.4 is 5.48 Å². The number of nitrogens with zero attached hydrogens (tertiary/aromatic N) is 1. The molecule has 0 aromatic carbocycles. The Morgan fingerprint density at radius 2 is 2.30 bits per heavy atom. The van der Waals surface area contributed by atoms with Gasteiger partial charge in [-0.25, -0.2) is 15.3 Å². The molecule has 0 aliphatic carbocycles. The highest BCUT2D eigenvalue weighted by Crippen LogP contribution is 1.82. The van der Waals surface area contributed by atoms with E-state index in [0.29, 0.717) is 0 Å². The molecule has 0 radical (unpaired) electrons. The van der Waals surface area contributed by atoms with Crippen molar-refractivity contribution in [3.63, 3.8) is 0 Å². The number of urea groups is 1. The highest BCUT2D eigenvalue weighted by Gasteiger charge is 1.96.